The highest BCUT2D eigenvalue weighted by Gasteiger charge is 2.28. The maximum absolute atomic E-state index is 13.1. The molecule has 0 saturated heterocycles. The minimum atomic E-state index is -4.42. The number of nitrogens with two attached hydrogens (primary N) is 1. The quantitative estimate of drug-likeness (QED) is 0.493. The Hall–Kier alpha value is -1.00. The fraction of sp³-hybridized carbons (Fsp3) is 0.400. The van der Waals surface area contributed by atoms with Crippen LogP contribution < -0.4 is 10.5 Å². The number of rotatable bonds is 5. The van der Waals surface area contributed by atoms with Gasteiger partial charge in [0.25, 0.3) is 0 Å². The zero-order valence-electron chi connectivity index (χ0n) is 10.3. The van der Waals surface area contributed by atoms with Gasteiger partial charge in [-0.25, -0.2) is 17.5 Å². The maximum Gasteiger partial charge on any atom is 0.441 e. The smallest absolute Gasteiger partial charge is 0.396 e. The van der Waals surface area contributed by atoms with Crippen LogP contribution in [0.3, 0.4) is 0 Å². The van der Waals surface area contributed by atoms with Gasteiger partial charge in [-0.15, -0.1) is 0 Å². The van der Waals surface area contributed by atoms with Gasteiger partial charge < -0.3 is 5.73 Å². The molecule has 0 bridgehead atoms. The van der Waals surface area contributed by atoms with Crippen LogP contribution in [0, 0.1) is 12.7 Å². The number of hydrogen-bond acceptors (Lipinski definition) is 4. The molecule has 0 saturated carbocycles. The molecule has 4 nitrogen and oxygen atoms in total. The Morgan fingerprint density at radius 3 is 2.50 bits per heavy atom. The Bertz CT molecular complexity index is 588. The molecular formula is C10H12F4N2O2S2. The first-order chi connectivity index (χ1) is 9.03. The lowest BCUT2D eigenvalue weighted by Gasteiger charge is -2.11. The van der Waals surface area contributed by atoms with Crippen molar-refractivity contribution in [2.45, 2.75) is 17.3 Å². The Morgan fingerprint density at radius 2 is 1.95 bits per heavy atom. The van der Waals surface area contributed by atoms with Gasteiger partial charge in [-0.1, -0.05) is 0 Å². The van der Waals surface area contributed by atoms with Crippen LogP contribution >= 0.6 is 11.8 Å². The molecular weight excluding hydrogens is 320 g/mol. The summed E-state index contributed by atoms with van der Waals surface area (Å²) in [6.07, 6.45) is 0. The molecule has 1 aromatic carbocycles. The number of hydrogen-bond donors (Lipinski definition) is 2. The zero-order chi connectivity index (χ0) is 15.6. The van der Waals surface area contributed by atoms with E-state index in [0.29, 0.717) is 0 Å². The first-order valence-electron chi connectivity index (χ1n) is 5.29. The molecule has 0 fully saturated rings. The molecule has 0 radical (unpaired) electrons. The van der Waals surface area contributed by atoms with Crippen LogP contribution in [0.5, 0.6) is 0 Å². The van der Waals surface area contributed by atoms with Crippen molar-refractivity contribution < 1.29 is 26.0 Å². The molecule has 0 aliphatic heterocycles. The van der Waals surface area contributed by atoms with Gasteiger partial charge in [-0.05, 0) is 36.4 Å². The van der Waals surface area contributed by atoms with Crippen LogP contribution in [-0.2, 0) is 10.0 Å². The molecule has 0 amide bonds. The molecule has 0 atom stereocenters. The predicted octanol–water partition coefficient (Wildman–Crippen LogP) is 2.25. The number of halogens is 4. The Balaban J connectivity index is 2.77. The summed E-state index contributed by atoms with van der Waals surface area (Å²) in [5.74, 6) is -1.22. The van der Waals surface area contributed by atoms with Crippen LogP contribution in [0.4, 0.5) is 23.2 Å². The van der Waals surface area contributed by atoms with Gasteiger partial charge in [0.1, 0.15) is 5.82 Å². The summed E-state index contributed by atoms with van der Waals surface area (Å²) in [7, 11) is -4.03. The first kappa shape index (κ1) is 17.1. The van der Waals surface area contributed by atoms with Crippen LogP contribution in [0.15, 0.2) is 17.0 Å². The van der Waals surface area contributed by atoms with Gasteiger partial charge in [-0.2, -0.15) is 13.2 Å². The molecule has 3 N–H and O–H groups in total. The van der Waals surface area contributed by atoms with E-state index in [4.69, 9.17) is 5.73 Å². The zero-order valence-corrected chi connectivity index (χ0v) is 11.9. The third-order valence-corrected chi connectivity index (χ3v) is 4.58. The highest BCUT2D eigenvalue weighted by Crippen LogP contribution is 2.29. The molecule has 0 aliphatic rings. The number of thioether (sulfide) groups is 1. The standard InChI is InChI=1S/C10H12F4N2O2S2/c1-6-4-7(11)8(15)5-9(6)20(17,18)16-2-3-19-10(12,13)14/h4-5,16H,2-3,15H2,1H3. The molecule has 0 unspecified atom stereocenters. The summed E-state index contributed by atoms with van der Waals surface area (Å²) in [6.45, 7) is 0.963. The largest absolute Gasteiger partial charge is 0.441 e. The molecule has 1 rings (SSSR count). The summed E-state index contributed by atoms with van der Waals surface area (Å²) in [5, 5.41) is 0. The van der Waals surface area contributed by atoms with E-state index in [2.05, 4.69) is 0 Å². The predicted molar refractivity (Wildman–Crippen MR) is 69.3 cm³/mol. The lowest BCUT2D eigenvalue weighted by atomic mass is 10.2. The molecule has 114 valence electrons. The number of benzene rings is 1. The van der Waals surface area contributed by atoms with Crippen LogP contribution in [-0.4, -0.2) is 26.2 Å². The van der Waals surface area contributed by atoms with Crippen molar-refractivity contribution in [2.24, 2.45) is 0 Å². The summed E-state index contributed by atoms with van der Waals surface area (Å²) in [4.78, 5) is -0.256. The van der Waals surface area contributed by atoms with Crippen molar-refractivity contribution in [1.29, 1.82) is 0 Å². The number of alkyl halides is 3. The van der Waals surface area contributed by atoms with E-state index in [9.17, 15) is 26.0 Å². The van der Waals surface area contributed by atoms with Crippen molar-refractivity contribution in [1.82, 2.24) is 4.72 Å². The molecule has 0 aliphatic carbocycles. The summed E-state index contributed by atoms with van der Waals surface area (Å²) >= 11 is -0.332. The number of aryl methyl sites for hydroxylation is 1. The minimum absolute atomic E-state index is 0.118. The molecule has 10 heteroatoms. The Morgan fingerprint density at radius 1 is 1.35 bits per heavy atom. The van der Waals surface area contributed by atoms with Crippen LogP contribution in [0.2, 0.25) is 0 Å². The molecule has 0 heterocycles. The average Bonchev–Trinajstić information content (AvgIpc) is 2.28. The van der Waals surface area contributed by atoms with Crippen molar-refractivity contribution in [3.8, 4) is 0 Å². The SMILES string of the molecule is Cc1cc(F)c(N)cc1S(=O)(=O)NCCSC(F)(F)F. The second-order valence-corrected chi connectivity index (χ2v) is 6.73. The van der Waals surface area contributed by atoms with E-state index >= 15 is 0 Å². The van der Waals surface area contributed by atoms with Crippen molar-refractivity contribution in [3.05, 3.63) is 23.5 Å². The molecule has 1 aromatic rings. The van der Waals surface area contributed by atoms with Gasteiger partial charge in [0.05, 0.1) is 10.6 Å². The fourth-order valence-corrected chi connectivity index (χ4v) is 3.23. The van der Waals surface area contributed by atoms with E-state index in [1.165, 1.54) is 6.92 Å². The minimum Gasteiger partial charge on any atom is -0.396 e. The van der Waals surface area contributed by atoms with Crippen molar-refractivity contribution >= 4 is 27.5 Å². The summed E-state index contributed by atoms with van der Waals surface area (Å²) in [6, 6.07) is 1.89. The van der Waals surface area contributed by atoms with E-state index in [1.807, 2.05) is 4.72 Å². The summed E-state index contributed by atoms with van der Waals surface area (Å²) in [5.41, 5.74) is 0.635. The summed E-state index contributed by atoms with van der Waals surface area (Å²) < 4.78 is 74.5. The van der Waals surface area contributed by atoms with Crippen molar-refractivity contribution in [2.75, 3.05) is 18.0 Å². The van der Waals surface area contributed by atoms with E-state index < -0.39 is 33.6 Å². The van der Waals surface area contributed by atoms with Gasteiger partial charge in [0.15, 0.2) is 0 Å². The normalized spacial score (nSPS) is 12.7. The highest BCUT2D eigenvalue weighted by atomic mass is 32.2. The van der Waals surface area contributed by atoms with E-state index in [1.54, 1.807) is 0 Å². The second-order valence-electron chi connectivity index (χ2n) is 3.83. The molecule has 20 heavy (non-hydrogen) atoms. The second kappa shape index (κ2) is 6.19. The van der Waals surface area contributed by atoms with Crippen LogP contribution in [0.1, 0.15) is 5.56 Å². The van der Waals surface area contributed by atoms with Gasteiger partial charge >= 0.3 is 5.51 Å². The molecule has 0 aromatic heterocycles. The van der Waals surface area contributed by atoms with Crippen molar-refractivity contribution in [3.63, 3.8) is 0 Å². The maximum atomic E-state index is 13.1. The number of sulfonamides is 1. The number of nitrogen functional groups attached to an aromatic ring is 1. The Labute approximate surface area is 117 Å². The monoisotopic (exact) mass is 332 g/mol. The highest BCUT2D eigenvalue weighted by molar-refractivity contribution is 8.00. The average molecular weight is 332 g/mol. The van der Waals surface area contributed by atoms with Gasteiger partial charge in [-0.3, -0.25) is 0 Å². The van der Waals surface area contributed by atoms with Gasteiger partial charge in [0, 0.05) is 12.3 Å². The van der Waals surface area contributed by atoms with E-state index in [0.717, 1.165) is 12.1 Å². The fourth-order valence-electron chi connectivity index (χ4n) is 1.38. The molecule has 0 spiro atoms. The lowest BCUT2D eigenvalue weighted by molar-refractivity contribution is -0.0327. The van der Waals surface area contributed by atoms with Crippen LogP contribution in [0.25, 0.3) is 0 Å². The third kappa shape index (κ3) is 4.84. The van der Waals surface area contributed by atoms with Gasteiger partial charge in [0.2, 0.25) is 10.0 Å². The van der Waals surface area contributed by atoms with E-state index in [-0.39, 0.29) is 27.9 Å². The Kier molecular flexibility index (Phi) is 5.27. The third-order valence-electron chi connectivity index (χ3n) is 2.24. The topological polar surface area (TPSA) is 72.2 Å². The number of anilines is 1. The number of nitrogens with one attached hydrogen (secondary N) is 1. The first-order valence-corrected chi connectivity index (χ1v) is 7.76. The lowest BCUT2D eigenvalue weighted by Crippen LogP contribution is -2.27.